The number of carbonyl (C=O) groups excluding carboxylic acids is 2. The lowest BCUT2D eigenvalue weighted by Crippen LogP contribution is -2.00. The molecule has 17 heavy (non-hydrogen) atoms. The number of rotatable bonds is 5. The monoisotopic (exact) mass is 232 g/mol. The van der Waals surface area contributed by atoms with Crippen LogP contribution in [0.1, 0.15) is 29.3 Å². The average molecular weight is 232 g/mol. The smallest absolute Gasteiger partial charge is 0.330 e. The highest BCUT2D eigenvalue weighted by atomic mass is 16.5. The quantitative estimate of drug-likeness (QED) is 0.445. The van der Waals surface area contributed by atoms with E-state index in [1.807, 2.05) is 19.1 Å². The predicted octanol–water partition coefficient (Wildman–Crippen LogP) is 2.69. The first-order chi connectivity index (χ1) is 8.13. The maximum atomic E-state index is 11.7. The molecule has 1 rings (SSSR count). The lowest BCUT2D eigenvalue weighted by molar-refractivity contribution is -0.137. The Hall–Kier alpha value is -1.90. The highest BCUT2D eigenvalue weighted by Gasteiger charge is 2.03. The van der Waals surface area contributed by atoms with Crippen LogP contribution in [0.15, 0.2) is 36.4 Å². The van der Waals surface area contributed by atoms with Gasteiger partial charge in [0.1, 0.15) is 0 Å². The maximum Gasteiger partial charge on any atom is 0.330 e. The van der Waals surface area contributed by atoms with Crippen LogP contribution in [0.3, 0.4) is 0 Å². The Bertz CT molecular complexity index is 416. The number of allylic oxidation sites excluding steroid dienone is 1. The van der Waals surface area contributed by atoms with Gasteiger partial charge in [-0.05, 0) is 13.8 Å². The van der Waals surface area contributed by atoms with E-state index in [1.165, 1.54) is 12.2 Å². The zero-order valence-electron chi connectivity index (χ0n) is 10.1. The summed E-state index contributed by atoms with van der Waals surface area (Å²) in [5, 5.41) is 0. The summed E-state index contributed by atoms with van der Waals surface area (Å²) < 4.78 is 4.71. The molecule has 1 aromatic carbocycles. The summed E-state index contributed by atoms with van der Waals surface area (Å²) in [6, 6.07) is 7.36. The number of esters is 1. The molecule has 0 atom stereocenters. The normalized spacial score (nSPS) is 10.5. The minimum atomic E-state index is -0.413. The van der Waals surface area contributed by atoms with Crippen LogP contribution in [-0.4, -0.2) is 18.4 Å². The van der Waals surface area contributed by atoms with Gasteiger partial charge in [0.2, 0.25) is 0 Å². The van der Waals surface area contributed by atoms with Crippen LogP contribution in [0.2, 0.25) is 0 Å². The minimum Gasteiger partial charge on any atom is -0.463 e. The molecule has 0 aliphatic heterocycles. The molecule has 0 amide bonds. The largest absolute Gasteiger partial charge is 0.463 e. The minimum absolute atomic E-state index is 0.00875. The zero-order valence-corrected chi connectivity index (χ0v) is 10.1. The molecule has 0 bridgehead atoms. The second-order valence-corrected chi connectivity index (χ2v) is 3.65. The van der Waals surface area contributed by atoms with E-state index < -0.39 is 5.97 Å². The molecule has 3 heteroatoms. The molecule has 0 N–H and O–H groups in total. The number of hydrogen-bond acceptors (Lipinski definition) is 3. The van der Waals surface area contributed by atoms with Gasteiger partial charge in [0.15, 0.2) is 5.78 Å². The molecule has 0 saturated carbocycles. The molecule has 0 fully saturated rings. The Labute approximate surface area is 101 Å². The summed E-state index contributed by atoms with van der Waals surface area (Å²) in [7, 11) is 0. The predicted molar refractivity (Wildman–Crippen MR) is 65.9 cm³/mol. The molecule has 0 aromatic heterocycles. The molecule has 0 aliphatic carbocycles. The Morgan fingerprint density at radius 3 is 2.47 bits per heavy atom. The Morgan fingerprint density at radius 1 is 1.24 bits per heavy atom. The second-order valence-electron chi connectivity index (χ2n) is 3.65. The SMILES string of the molecule is CCOC(=O)/C=C/CC(=O)c1ccc(C)cc1. The van der Waals surface area contributed by atoms with Crippen molar-refractivity contribution in [2.75, 3.05) is 6.61 Å². The van der Waals surface area contributed by atoms with Gasteiger partial charge < -0.3 is 4.74 Å². The van der Waals surface area contributed by atoms with Gasteiger partial charge in [-0.3, -0.25) is 4.79 Å². The first kappa shape index (κ1) is 13.2. The summed E-state index contributed by atoms with van der Waals surface area (Å²) in [6.07, 6.45) is 3.03. The molecule has 0 radical (unpaired) electrons. The van der Waals surface area contributed by atoms with E-state index in [9.17, 15) is 9.59 Å². The topological polar surface area (TPSA) is 43.4 Å². The van der Waals surface area contributed by atoms with Crippen molar-refractivity contribution in [3.63, 3.8) is 0 Å². The van der Waals surface area contributed by atoms with Crippen molar-refractivity contribution in [2.45, 2.75) is 20.3 Å². The van der Waals surface area contributed by atoms with Crippen molar-refractivity contribution in [3.05, 3.63) is 47.5 Å². The van der Waals surface area contributed by atoms with E-state index in [1.54, 1.807) is 19.1 Å². The molecular formula is C14H16O3. The van der Waals surface area contributed by atoms with E-state index in [0.717, 1.165) is 5.56 Å². The number of ether oxygens (including phenoxy) is 1. The van der Waals surface area contributed by atoms with E-state index >= 15 is 0 Å². The van der Waals surface area contributed by atoms with E-state index in [-0.39, 0.29) is 12.2 Å². The Morgan fingerprint density at radius 2 is 1.88 bits per heavy atom. The number of hydrogen-bond donors (Lipinski definition) is 0. The summed E-state index contributed by atoms with van der Waals surface area (Å²) >= 11 is 0. The lowest BCUT2D eigenvalue weighted by atomic mass is 10.1. The molecule has 90 valence electrons. The first-order valence-electron chi connectivity index (χ1n) is 5.56. The number of ketones is 1. The summed E-state index contributed by atoms with van der Waals surface area (Å²) in [4.78, 5) is 22.7. The van der Waals surface area contributed by atoms with E-state index in [2.05, 4.69) is 0 Å². The van der Waals surface area contributed by atoms with Crippen molar-refractivity contribution >= 4 is 11.8 Å². The maximum absolute atomic E-state index is 11.7. The molecule has 3 nitrogen and oxygen atoms in total. The van der Waals surface area contributed by atoms with Gasteiger partial charge in [-0.1, -0.05) is 35.9 Å². The second kappa shape index (κ2) is 6.63. The lowest BCUT2D eigenvalue weighted by Gasteiger charge is -1.98. The van der Waals surface area contributed by atoms with Crippen LogP contribution < -0.4 is 0 Å². The fourth-order valence-electron chi connectivity index (χ4n) is 1.31. The Balaban J connectivity index is 2.50. The molecular weight excluding hydrogens is 216 g/mol. The number of carbonyl (C=O) groups is 2. The molecule has 0 heterocycles. The van der Waals surface area contributed by atoms with E-state index in [4.69, 9.17) is 4.74 Å². The highest BCUT2D eigenvalue weighted by molar-refractivity contribution is 5.97. The number of aryl methyl sites for hydroxylation is 1. The average Bonchev–Trinajstić information content (AvgIpc) is 2.30. The van der Waals surface area contributed by atoms with Crippen molar-refractivity contribution in [1.82, 2.24) is 0 Å². The standard InChI is InChI=1S/C14H16O3/c1-3-17-14(16)6-4-5-13(15)12-9-7-11(2)8-10-12/h4,6-10H,3,5H2,1-2H3/b6-4+. The number of benzene rings is 1. The highest BCUT2D eigenvalue weighted by Crippen LogP contribution is 2.06. The molecule has 0 aliphatic rings. The summed E-state index contributed by atoms with van der Waals surface area (Å²) in [6.45, 7) is 4.05. The van der Waals surface area contributed by atoms with Gasteiger partial charge in [-0.25, -0.2) is 4.79 Å². The molecule has 0 saturated heterocycles. The third-order valence-electron chi connectivity index (χ3n) is 2.22. The van der Waals surface area contributed by atoms with Crippen molar-refractivity contribution in [1.29, 1.82) is 0 Å². The van der Waals surface area contributed by atoms with Gasteiger partial charge in [0.05, 0.1) is 6.61 Å². The molecule has 0 spiro atoms. The van der Waals surface area contributed by atoms with Gasteiger partial charge in [0.25, 0.3) is 0 Å². The fourth-order valence-corrected chi connectivity index (χ4v) is 1.31. The molecule has 1 aromatic rings. The molecule has 0 unspecified atom stereocenters. The third kappa shape index (κ3) is 4.64. The summed E-state index contributed by atoms with van der Waals surface area (Å²) in [5.74, 6) is -0.422. The first-order valence-corrected chi connectivity index (χ1v) is 5.56. The zero-order chi connectivity index (χ0) is 12.7. The fraction of sp³-hybridized carbons (Fsp3) is 0.286. The van der Waals surface area contributed by atoms with Crippen LogP contribution >= 0.6 is 0 Å². The third-order valence-corrected chi connectivity index (χ3v) is 2.22. The van der Waals surface area contributed by atoms with Crippen LogP contribution in [0, 0.1) is 6.92 Å². The van der Waals surface area contributed by atoms with Gasteiger partial charge in [-0.15, -0.1) is 0 Å². The van der Waals surface area contributed by atoms with Crippen LogP contribution in [-0.2, 0) is 9.53 Å². The van der Waals surface area contributed by atoms with Gasteiger partial charge in [0, 0.05) is 18.1 Å². The van der Waals surface area contributed by atoms with Gasteiger partial charge >= 0.3 is 5.97 Å². The van der Waals surface area contributed by atoms with E-state index in [0.29, 0.717) is 12.2 Å². The van der Waals surface area contributed by atoms with Crippen molar-refractivity contribution in [3.8, 4) is 0 Å². The van der Waals surface area contributed by atoms with Crippen LogP contribution in [0.5, 0.6) is 0 Å². The number of Topliss-reactive ketones (excluding diaryl/α,β-unsaturated/α-hetero) is 1. The Kier molecular flexibility index (Phi) is 5.14. The van der Waals surface area contributed by atoms with Crippen LogP contribution in [0.4, 0.5) is 0 Å². The summed E-state index contributed by atoms with van der Waals surface area (Å²) in [5.41, 5.74) is 1.77. The van der Waals surface area contributed by atoms with Crippen molar-refractivity contribution in [2.24, 2.45) is 0 Å². The van der Waals surface area contributed by atoms with Gasteiger partial charge in [-0.2, -0.15) is 0 Å². The van der Waals surface area contributed by atoms with Crippen molar-refractivity contribution < 1.29 is 14.3 Å². The van der Waals surface area contributed by atoms with Crippen LogP contribution in [0.25, 0.3) is 0 Å².